The van der Waals surface area contributed by atoms with E-state index >= 15 is 0 Å². The fraction of sp³-hybridized carbons (Fsp3) is 0.143. The summed E-state index contributed by atoms with van der Waals surface area (Å²) in [5, 5.41) is 0. The summed E-state index contributed by atoms with van der Waals surface area (Å²) in [6.45, 7) is 0. The Labute approximate surface area is 110 Å². The van der Waals surface area contributed by atoms with E-state index in [2.05, 4.69) is 4.18 Å². The molecule has 0 radical (unpaired) electrons. The minimum absolute atomic E-state index is 0. The molecule has 9 heteroatoms. The number of hydrogen-bond acceptors (Lipinski definition) is 5. The molecule has 0 fully saturated rings. The Morgan fingerprint density at radius 1 is 1.00 bits per heavy atom. The minimum Gasteiger partial charge on any atom is -0.282 e. The highest BCUT2D eigenvalue weighted by Crippen LogP contribution is 2.15. The van der Waals surface area contributed by atoms with Crippen LogP contribution in [0.4, 0.5) is 0 Å². The van der Waals surface area contributed by atoms with Crippen LogP contribution < -0.4 is 0 Å². The molecular weight excluding hydrogens is 269 g/mol. The van der Waals surface area contributed by atoms with Crippen molar-refractivity contribution in [3.05, 3.63) is 24.3 Å². The van der Waals surface area contributed by atoms with Crippen molar-refractivity contribution in [1.29, 1.82) is 0 Å². The van der Waals surface area contributed by atoms with E-state index in [9.17, 15) is 16.8 Å². The predicted octanol–water partition coefficient (Wildman–Crippen LogP) is -0.648. The van der Waals surface area contributed by atoms with Crippen LogP contribution in [0.15, 0.2) is 34.1 Å². The molecule has 1 N–H and O–H groups in total. The maximum atomic E-state index is 11.1. The highest BCUT2D eigenvalue weighted by molar-refractivity contribution is 7.87. The lowest BCUT2D eigenvalue weighted by Crippen LogP contribution is -2.04. The SMILES string of the molecule is COS(=O)(=O)c1ccc(S(=O)(=O)O)cc1.[MgH2]. The summed E-state index contributed by atoms with van der Waals surface area (Å²) in [5.74, 6) is 0. The van der Waals surface area contributed by atoms with Gasteiger partial charge in [0.25, 0.3) is 20.2 Å². The lowest BCUT2D eigenvalue weighted by Gasteiger charge is -2.01. The van der Waals surface area contributed by atoms with Crippen LogP contribution in [0.1, 0.15) is 0 Å². The van der Waals surface area contributed by atoms with E-state index < -0.39 is 20.2 Å². The monoisotopic (exact) mass is 278 g/mol. The average Bonchev–Trinajstić information content (AvgIpc) is 2.17. The molecule has 0 heterocycles. The van der Waals surface area contributed by atoms with Gasteiger partial charge in [-0.2, -0.15) is 16.8 Å². The van der Waals surface area contributed by atoms with Crippen molar-refractivity contribution in [3.63, 3.8) is 0 Å². The zero-order valence-electron chi connectivity index (χ0n) is 7.61. The molecule has 88 valence electrons. The van der Waals surface area contributed by atoms with E-state index in [-0.39, 0.29) is 32.8 Å². The molecule has 1 rings (SSSR count). The number of rotatable bonds is 3. The molecule has 0 aliphatic carbocycles. The van der Waals surface area contributed by atoms with Gasteiger partial charge in [-0.1, -0.05) is 0 Å². The third kappa shape index (κ3) is 3.68. The van der Waals surface area contributed by atoms with E-state index in [0.29, 0.717) is 0 Å². The third-order valence-electron chi connectivity index (χ3n) is 1.63. The first kappa shape index (κ1) is 15.8. The van der Waals surface area contributed by atoms with Crippen LogP contribution in [0.5, 0.6) is 0 Å². The van der Waals surface area contributed by atoms with Crippen molar-refractivity contribution in [3.8, 4) is 0 Å². The fourth-order valence-electron chi connectivity index (χ4n) is 0.875. The Morgan fingerprint density at radius 3 is 1.69 bits per heavy atom. The fourth-order valence-corrected chi connectivity index (χ4v) is 2.02. The van der Waals surface area contributed by atoms with Gasteiger partial charge in [0, 0.05) is 0 Å². The molecule has 0 atom stereocenters. The summed E-state index contributed by atoms with van der Waals surface area (Å²) in [6.07, 6.45) is 0. The largest absolute Gasteiger partial charge is 0.316 e. The second-order valence-corrected chi connectivity index (χ2v) is 5.70. The lowest BCUT2D eigenvalue weighted by atomic mass is 10.4. The van der Waals surface area contributed by atoms with E-state index in [0.717, 1.165) is 31.4 Å². The molecule has 0 aliphatic rings. The van der Waals surface area contributed by atoms with Gasteiger partial charge in [0.05, 0.1) is 16.9 Å². The van der Waals surface area contributed by atoms with Crippen molar-refractivity contribution in [2.45, 2.75) is 9.79 Å². The van der Waals surface area contributed by atoms with E-state index in [4.69, 9.17) is 4.55 Å². The summed E-state index contributed by atoms with van der Waals surface area (Å²) in [5.41, 5.74) is 0. The van der Waals surface area contributed by atoms with E-state index in [1.54, 1.807) is 0 Å². The molecule has 6 nitrogen and oxygen atoms in total. The van der Waals surface area contributed by atoms with Crippen molar-refractivity contribution >= 4 is 43.3 Å². The highest BCUT2D eigenvalue weighted by atomic mass is 32.2. The van der Waals surface area contributed by atoms with Gasteiger partial charge in [-0.05, 0) is 24.3 Å². The van der Waals surface area contributed by atoms with Gasteiger partial charge in [0.15, 0.2) is 0 Å². The van der Waals surface area contributed by atoms with Crippen LogP contribution >= 0.6 is 0 Å². The first-order valence-electron chi connectivity index (χ1n) is 3.65. The zero-order valence-corrected chi connectivity index (χ0v) is 9.25. The second-order valence-electron chi connectivity index (χ2n) is 2.57. The summed E-state index contributed by atoms with van der Waals surface area (Å²) in [6, 6.07) is 4.01. The molecule has 0 saturated carbocycles. The van der Waals surface area contributed by atoms with Crippen molar-refractivity contribution in [2.75, 3.05) is 7.11 Å². The molecule has 0 saturated heterocycles. The molecule has 1 aromatic carbocycles. The van der Waals surface area contributed by atoms with Gasteiger partial charge in [-0.25, -0.2) is 0 Å². The van der Waals surface area contributed by atoms with Gasteiger partial charge < -0.3 is 0 Å². The van der Waals surface area contributed by atoms with Crippen LogP contribution in [0.25, 0.3) is 0 Å². The number of benzene rings is 1. The Morgan fingerprint density at radius 2 is 1.38 bits per heavy atom. The Kier molecular flexibility index (Phi) is 5.36. The van der Waals surface area contributed by atoms with Crippen molar-refractivity contribution in [2.24, 2.45) is 0 Å². The molecule has 16 heavy (non-hydrogen) atoms. The number of hydrogen-bond donors (Lipinski definition) is 1. The summed E-state index contributed by atoms with van der Waals surface area (Å²) in [7, 11) is -7.15. The molecule has 1 aromatic rings. The third-order valence-corrected chi connectivity index (χ3v) is 3.79. The normalized spacial score (nSPS) is 11.9. The molecule has 0 bridgehead atoms. The molecular formula is C7H10MgO6S2. The zero-order chi connectivity index (χ0) is 11.7. The van der Waals surface area contributed by atoms with Crippen LogP contribution in [-0.2, 0) is 24.4 Å². The summed E-state index contributed by atoms with van der Waals surface area (Å²) >= 11 is 0. The first-order valence-corrected chi connectivity index (χ1v) is 6.50. The van der Waals surface area contributed by atoms with Crippen molar-refractivity contribution < 1.29 is 25.6 Å². The van der Waals surface area contributed by atoms with Crippen LogP contribution in [0, 0.1) is 0 Å². The highest BCUT2D eigenvalue weighted by Gasteiger charge is 2.15. The molecule has 0 amide bonds. The topological polar surface area (TPSA) is 97.7 Å². The first-order chi connectivity index (χ1) is 6.77. The minimum atomic E-state index is -4.31. The van der Waals surface area contributed by atoms with Gasteiger partial charge in [0.1, 0.15) is 0 Å². The average molecular weight is 279 g/mol. The molecule has 0 aromatic heterocycles. The van der Waals surface area contributed by atoms with E-state index in [1.807, 2.05) is 0 Å². The molecule has 0 aliphatic heterocycles. The Hall–Kier alpha value is -0.194. The Bertz CT molecular complexity index is 545. The van der Waals surface area contributed by atoms with E-state index in [1.165, 1.54) is 0 Å². The van der Waals surface area contributed by atoms with Gasteiger partial charge in [-0.3, -0.25) is 8.74 Å². The Balaban J connectivity index is 0.00000225. The van der Waals surface area contributed by atoms with Gasteiger partial charge in [-0.15, -0.1) is 0 Å². The maximum absolute atomic E-state index is 11.1. The molecule has 0 spiro atoms. The van der Waals surface area contributed by atoms with Gasteiger partial charge >= 0.3 is 23.1 Å². The standard InChI is InChI=1S/C7H8O6S2.Mg.2H/c1-13-15(11,12)7-4-2-6(3-5-7)14(8,9)10;;;/h2-5H,1H3,(H,8,9,10);;;. The van der Waals surface area contributed by atoms with Crippen LogP contribution in [0.2, 0.25) is 0 Å². The van der Waals surface area contributed by atoms with Crippen molar-refractivity contribution in [1.82, 2.24) is 0 Å². The lowest BCUT2D eigenvalue weighted by molar-refractivity contribution is 0.397. The van der Waals surface area contributed by atoms with Crippen LogP contribution in [-0.4, -0.2) is 51.6 Å². The quantitative estimate of drug-likeness (QED) is 0.448. The maximum Gasteiger partial charge on any atom is 0.316 e. The second kappa shape index (κ2) is 5.43. The van der Waals surface area contributed by atoms with Gasteiger partial charge in [0.2, 0.25) is 0 Å². The summed E-state index contributed by atoms with van der Waals surface area (Å²) in [4.78, 5) is -0.560. The smallest absolute Gasteiger partial charge is 0.282 e. The van der Waals surface area contributed by atoms with Crippen LogP contribution in [0.3, 0.4) is 0 Å². The molecule has 0 unspecified atom stereocenters. The summed E-state index contributed by atoms with van der Waals surface area (Å²) < 4.78 is 56.4. The predicted molar refractivity (Wildman–Crippen MR) is 59.0 cm³/mol.